The minimum atomic E-state index is 0.0352. The summed E-state index contributed by atoms with van der Waals surface area (Å²) in [6, 6.07) is 7.81. The Morgan fingerprint density at radius 3 is 2.73 bits per heavy atom. The highest BCUT2D eigenvalue weighted by Crippen LogP contribution is 2.14. The monoisotopic (exact) mass is 207 g/mol. The second-order valence-corrected chi connectivity index (χ2v) is 3.88. The number of carbonyl (C=O) groups excluding carboxylic acids is 1. The molecule has 0 radical (unpaired) electrons. The second kappa shape index (κ2) is 5.51. The van der Waals surface area contributed by atoms with Crippen LogP contribution in [0.1, 0.15) is 12.5 Å². The van der Waals surface area contributed by atoms with Gasteiger partial charge in [0, 0.05) is 6.54 Å². The average molecular weight is 207 g/mol. The molecule has 0 aliphatic heterocycles. The Balaban J connectivity index is 2.61. The van der Waals surface area contributed by atoms with Gasteiger partial charge in [0.2, 0.25) is 0 Å². The van der Waals surface area contributed by atoms with Crippen molar-refractivity contribution in [1.29, 1.82) is 0 Å². The fourth-order valence-corrected chi connectivity index (χ4v) is 1.28. The van der Waals surface area contributed by atoms with E-state index in [2.05, 4.69) is 4.90 Å². The molecule has 0 saturated heterocycles. The SMILES string of the molecule is CC(=O)COc1cccc(CN(C)C)c1. The maximum atomic E-state index is 10.7. The highest BCUT2D eigenvalue weighted by atomic mass is 16.5. The molecule has 3 heteroatoms. The molecule has 0 bridgehead atoms. The highest BCUT2D eigenvalue weighted by molar-refractivity contribution is 5.77. The number of hydrogen-bond donors (Lipinski definition) is 0. The Bertz CT molecular complexity index is 334. The molecule has 1 aromatic rings. The van der Waals surface area contributed by atoms with Gasteiger partial charge in [0.1, 0.15) is 12.4 Å². The second-order valence-electron chi connectivity index (χ2n) is 3.88. The first kappa shape index (κ1) is 11.7. The fraction of sp³-hybridized carbons (Fsp3) is 0.417. The summed E-state index contributed by atoms with van der Waals surface area (Å²) >= 11 is 0. The van der Waals surface area contributed by atoms with E-state index in [1.165, 1.54) is 12.5 Å². The molecule has 0 aliphatic carbocycles. The summed E-state index contributed by atoms with van der Waals surface area (Å²) < 4.78 is 5.32. The molecule has 15 heavy (non-hydrogen) atoms. The molecule has 1 aromatic carbocycles. The van der Waals surface area contributed by atoms with Gasteiger partial charge in [-0.3, -0.25) is 4.79 Å². The zero-order valence-electron chi connectivity index (χ0n) is 9.49. The summed E-state index contributed by atoms with van der Waals surface area (Å²) in [6.07, 6.45) is 0. The molecule has 82 valence electrons. The lowest BCUT2D eigenvalue weighted by Crippen LogP contribution is -2.11. The lowest BCUT2D eigenvalue weighted by atomic mass is 10.2. The molecule has 1 rings (SSSR count). The molecule has 0 spiro atoms. The first-order valence-corrected chi connectivity index (χ1v) is 4.94. The van der Waals surface area contributed by atoms with Crippen LogP contribution in [0.3, 0.4) is 0 Å². The number of ketones is 1. The van der Waals surface area contributed by atoms with Gasteiger partial charge in [-0.1, -0.05) is 12.1 Å². The topological polar surface area (TPSA) is 29.5 Å². The average Bonchev–Trinajstić information content (AvgIpc) is 2.14. The van der Waals surface area contributed by atoms with Gasteiger partial charge in [0.15, 0.2) is 5.78 Å². The van der Waals surface area contributed by atoms with Crippen molar-refractivity contribution in [2.45, 2.75) is 13.5 Å². The molecule has 3 nitrogen and oxygen atoms in total. The van der Waals surface area contributed by atoms with Crippen LogP contribution in [-0.4, -0.2) is 31.4 Å². The Kier molecular flexibility index (Phi) is 4.31. The van der Waals surface area contributed by atoms with E-state index in [9.17, 15) is 4.79 Å². The van der Waals surface area contributed by atoms with Crippen molar-refractivity contribution in [2.24, 2.45) is 0 Å². The molecule has 0 N–H and O–H groups in total. The lowest BCUT2D eigenvalue weighted by Gasteiger charge is -2.11. The smallest absolute Gasteiger partial charge is 0.167 e. The first-order chi connectivity index (χ1) is 7.08. The van der Waals surface area contributed by atoms with Crippen LogP contribution in [0.25, 0.3) is 0 Å². The van der Waals surface area contributed by atoms with Gasteiger partial charge in [0.25, 0.3) is 0 Å². The van der Waals surface area contributed by atoms with Crippen LogP contribution in [0, 0.1) is 0 Å². The lowest BCUT2D eigenvalue weighted by molar-refractivity contribution is -0.118. The zero-order chi connectivity index (χ0) is 11.3. The van der Waals surface area contributed by atoms with Crippen molar-refractivity contribution in [3.8, 4) is 5.75 Å². The van der Waals surface area contributed by atoms with Crippen molar-refractivity contribution in [3.05, 3.63) is 29.8 Å². The molecule has 0 heterocycles. The molecule has 0 aromatic heterocycles. The van der Waals surface area contributed by atoms with E-state index in [-0.39, 0.29) is 12.4 Å². The van der Waals surface area contributed by atoms with Gasteiger partial charge in [-0.15, -0.1) is 0 Å². The number of carbonyl (C=O) groups is 1. The number of ether oxygens (including phenoxy) is 1. The van der Waals surface area contributed by atoms with E-state index in [1.54, 1.807) is 0 Å². The minimum Gasteiger partial charge on any atom is -0.486 e. The third-order valence-electron chi connectivity index (χ3n) is 1.84. The van der Waals surface area contributed by atoms with E-state index in [1.807, 2.05) is 38.4 Å². The van der Waals surface area contributed by atoms with Crippen LogP contribution in [-0.2, 0) is 11.3 Å². The summed E-state index contributed by atoms with van der Waals surface area (Å²) in [5.41, 5.74) is 1.18. The molecule has 0 amide bonds. The third-order valence-corrected chi connectivity index (χ3v) is 1.84. The van der Waals surface area contributed by atoms with Gasteiger partial charge >= 0.3 is 0 Å². The minimum absolute atomic E-state index is 0.0352. The largest absolute Gasteiger partial charge is 0.486 e. The maximum absolute atomic E-state index is 10.7. The summed E-state index contributed by atoms with van der Waals surface area (Å²) in [4.78, 5) is 12.8. The van der Waals surface area contributed by atoms with Crippen LogP contribution in [0.2, 0.25) is 0 Å². The number of rotatable bonds is 5. The van der Waals surface area contributed by atoms with Gasteiger partial charge in [-0.05, 0) is 38.7 Å². The Hall–Kier alpha value is -1.35. The van der Waals surface area contributed by atoms with Gasteiger partial charge in [-0.2, -0.15) is 0 Å². The Labute approximate surface area is 90.7 Å². The Morgan fingerprint density at radius 1 is 1.40 bits per heavy atom. The normalized spacial score (nSPS) is 10.4. The summed E-state index contributed by atoms with van der Waals surface area (Å²) in [7, 11) is 4.03. The predicted octanol–water partition coefficient (Wildman–Crippen LogP) is 1.72. The van der Waals surface area contributed by atoms with Crippen LogP contribution in [0.5, 0.6) is 5.75 Å². The number of nitrogens with zero attached hydrogens (tertiary/aromatic N) is 1. The summed E-state index contributed by atoms with van der Waals surface area (Å²) in [6.45, 7) is 2.53. The number of hydrogen-bond acceptors (Lipinski definition) is 3. The number of Topliss-reactive ketones (excluding diaryl/α,β-unsaturated/α-hetero) is 1. The summed E-state index contributed by atoms with van der Waals surface area (Å²) in [5, 5.41) is 0. The van der Waals surface area contributed by atoms with E-state index in [0.717, 1.165) is 12.3 Å². The van der Waals surface area contributed by atoms with Crippen molar-refractivity contribution in [2.75, 3.05) is 20.7 Å². The molecular formula is C12H17NO2. The van der Waals surface area contributed by atoms with Crippen molar-refractivity contribution < 1.29 is 9.53 Å². The van der Waals surface area contributed by atoms with Gasteiger partial charge < -0.3 is 9.64 Å². The van der Waals surface area contributed by atoms with E-state index in [0.29, 0.717) is 0 Å². The number of benzene rings is 1. The van der Waals surface area contributed by atoms with Crippen molar-refractivity contribution in [1.82, 2.24) is 4.90 Å². The molecule has 0 saturated carbocycles. The molecule has 0 atom stereocenters. The van der Waals surface area contributed by atoms with Crippen LogP contribution in [0.15, 0.2) is 24.3 Å². The fourth-order valence-electron chi connectivity index (χ4n) is 1.28. The zero-order valence-corrected chi connectivity index (χ0v) is 9.49. The van der Waals surface area contributed by atoms with Crippen molar-refractivity contribution in [3.63, 3.8) is 0 Å². The van der Waals surface area contributed by atoms with Gasteiger partial charge in [0.05, 0.1) is 0 Å². The highest BCUT2D eigenvalue weighted by Gasteiger charge is 1.99. The maximum Gasteiger partial charge on any atom is 0.167 e. The molecule has 0 unspecified atom stereocenters. The van der Waals surface area contributed by atoms with E-state index in [4.69, 9.17) is 4.74 Å². The summed E-state index contributed by atoms with van der Waals surface area (Å²) in [5.74, 6) is 0.789. The van der Waals surface area contributed by atoms with E-state index < -0.39 is 0 Å². The molecule has 0 aliphatic rings. The van der Waals surface area contributed by atoms with E-state index >= 15 is 0 Å². The molecular weight excluding hydrogens is 190 g/mol. The first-order valence-electron chi connectivity index (χ1n) is 4.94. The predicted molar refractivity (Wildman–Crippen MR) is 60.0 cm³/mol. The quantitative estimate of drug-likeness (QED) is 0.736. The van der Waals surface area contributed by atoms with Crippen molar-refractivity contribution >= 4 is 5.78 Å². The van der Waals surface area contributed by atoms with Gasteiger partial charge in [-0.25, -0.2) is 0 Å². The standard InChI is InChI=1S/C12H17NO2/c1-10(14)9-15-12-6-4-5-11(7-12)8-13(2)3/h4-7H,8-9H2,1-3H3. The van der Waals surface area contributed by atoms with Crippen LogP contribution >= 0.6 is 0 Å². The molecule has 0 fully saturated rings. The van der Waals surface area contributed by atoms with Crippen LogP contribution in [0.4, 0.5) is 0 Å². The Morgan fingerprint density at radius 2 is 2.13 bits per heavy atom. The van der Waals surface area contributed by atoms with Crippen LogP contribution < -0.4 is 4.74 Å². The third kappa shape index (κ3) is 4.61.